The molecule has 0 spiro atoms. The van der Waals surface area contributed by atoms with E-state index in [0.717, 1.165) is 50.1 Å². The van der Waals surface area contributed by atoms with E-state index in [1.165, 1.54) is 29.1 Å². The minimum absolute atomic E-state index is 0.728. The van der Waals surface area contributed by atoms with Crippen molar-refractivity contribution in [3.8, 4) is 11.5 Å². The van der Waals surface area contributed by atoms with E-state index in [0.29, 0.717) is 0 Å². The Morgan fingerprint density at radius 2 is 2.00 bits per heavy atom. The molecule has 122 valence electrons. The van der Waals surface area contributed by atoms with E-state index < -0.39 is 0 Å². The molecule has 5 heteroatoms. The molecule has 1 N–H and O–H groups in total. The van der Waals surface area contributed by atoms with Gasteiger partial charge in [-0.25, -0.2) is 0 Å². The van der Waals surface area contributed by atoms with Crippen LogP contribution in [0.15, 0.2) is 12.1 Å². The van der Waals surface area contributed by atoms with Gasteiger partial charge >= 0.3 is 0 Å². The Labute approximate surface area is 137 Å². The Balaban J connectivity index is 1.56. The monoisotopic (exact) mass is 322 g/mol. The van der Waals surface area contributed by atoms with Gasteiger partial charge < -0.3 is 14.8 Å². The molecule has 0 unspecified atom stereocenters. The molecular formula is C17H26N2O2S. The van der Waals surface area contributed by atoms with Crippen LogP contribution >= 0.6 is 11.8 Å². The molecule has 22 heavy (non-hydrogen) atoms. The summed E-state index contributed by atoms with van der Waals surface area (Å²) >= 11 is 2.06. The molecule has 0 aliphatic carbocycles. The van der Waals surface area contributed by atoms with Crippen molar-refractivity contribution in [2.45, 2.75) is 25.4 Å². The SMILES string of the molecule is COc1cc2c(cc1OC)CN(CCN[C@@H]1CCSC1)CC2. The van der Waals surface area contributed by atoms with Crippen LogP contribution in [0.2, 0.25) is 0 Å². The van der Waals surface area contributed by atoms with Crippen LogP contribution in [-0.2, 0) is 13.0 Å². The molecule has 1 saturated heterocycles. The van der Waals surface area contributed by atoms with Crippen molar-refractivity contribution >= 4 is 11.8 Å². The van der Waals surface area contributed by atoms with Crippen molar-refractivity contribution in [2.75, 3.05) is 45.4 Å². The van der Waals surface area contributed by atoms with Crippen LogP contribution in [0.3, 0.4) is 0 Å². The van der Waals surface area contributed by atoms with Crippen LogP contribution in [0.5, 0.6) is 11.5 Å². The topological polar surface area (TPSA) is 33.7 Å². The summed E-state index contributed by atoms with van der Waals surface area (Å²) in [7, 11) is 3.40. The smallest absolute Gasteiger partial charge is 0.161 e. The number of thioether (sulfide) groups is 1. The molecule has 1 aromatic rings. The normalized spacial score (nSPS) is 21.6. The minimum Gasteiger partial charge on any atom is -0.493 e. The maximum Gasteiger partial charge on any atom is 0.161 e. The molecule has 0 aromatic heterocycles. The zero-order valence-corrected chi connectivity index (χ0v) is 14.4. The van der Waals surface area contributed by atoms with Crippen molar-refractivity contribution in [2.24, 2.45) is 0 Å². The summed E-state index contributed by atoms with van der Waals surface area (Å²) in [5.41, 5.74) is 2.77. The predicted molar refractivity (Wildman–Crippen MR) is 92.3 cm³/mol. The zero-order chi connectivity index (χ0) is 15.4. The number of fused-ring (bicyclic) bond motifs is 1. The number of hydrogen-bond acceptors (Lipinski definition) is 5. The van der Waals surface area contributed by atoms with E-state index in [2.05, 4.69) is 34.1 Å². The maximum atomic E-state index is 5.43. The predicted octanol–water partition coefficient (Wildman–Crippen LogP) is 2.16. The van der Waals surface area contributed by atoms with Crippen molar-refractivity contribution in [1.29, 1.82) is 0 Å². The molecule has 0 radical (unpaired) electrons. The molecule has 0 amide bonds. The lowest BCUT2D eigenvalue weighted by atomic mass is 9.99. The van der Waals surface area contributed by atoms with Crippen LogP contribution in [0.4, 0.5) is 0 Å². The average Bonchev–Trinajstić information content (AvgIpc) is 3.06. The van der Waals surface area contributed by atoms with Gasteiger partial charge in [0, 0.05) is 38.0 Å². The Hall–Kier alpha value is -0.910. The Morgan fingerprint density at radius 3 is 2.68 bits per heavy atom. The number of benzene rings is 1. The molecule has 2 aliphatic heterocycles. The number of rotatable bonds is 6. The fraction of sp³-hybridized carbons (Fsp3) is 0.647. The Kier molecular flexibility index (Phi) is 5.50. The van der Waals surface area contributed by atoms with Gasteiger partial charge in [-0.15, -0.1) is 0 Å². The summed E-state index contributed by atoms with van der Waals surface area (Å²) in [6.07, 6.45) is 2.42. The Morgan fingerprint density at radius 1 is 1.23 bits per heavy atom. The first-order valence-electron chi connectivity index (χ1n) is 8.07. The highest BCUT2D eigenvalue weighted by atomic mass is 32.2. The fourth-order valence-electron chi connectivity index (χ4n) is 3.25. The van der Waals surface area contributed by atoms with Crippen molar-refractivity contribution in [3.05, 3.63) is 23.3 Å². The molecule has 0 saturated carbocycles. The van der Waals surface area contributed by atoms with E-state index in [1.54, 1.807) is 14.2 Å². The van der Waals surface area contributed by atoms with Crippen LogP contribution in [-0.4, -0.2) is 56.3 Å². The van der Waals surface area contributed by atoms with Gasteiger partial charge in [-0.05, 0) is 41.9 Å². The summed E-state index contributed by atoms with van der Waals surface area (Å²) in [5, 5.41) is 3.69. The van der Waals surface area contributed by atoms with E-state index in [-0.39, 0.29) is 0 Å². The third kappa shape index (κ3) is 3.70. The third-order valence-electron chi connectivity index (χ3n) is 4.59. The summed E-state index contributed by atoms with van der Waals surface area (Å²) in [5.74, 6) is 4.27. The summed E-state index contributed by atoms with van der Waals surface area (Å²) in [6, 6.07) is 5.01. The number of methoxy groups -OCH3 is 2. The molecule has 0 bridgehead atoms. The number of hydrogen-bond donors (Lipinski definition) is 1. The van der Waals surface area contributed by atoms with Crippen LogP contribution < -0.4 is 14.8 Å². The first kappa shape index (κ1) is 16.0. The third-order valence-corrected chi connectivity index (χ3v) is 5.75. The number of ether oxygens (including phenoxy) is 2. The van der Waals surface area contributed by atoms with E-state index in [9.17, 15) is 0 Å². The van der Waals surface area contributed by atoms with Gasteiger partial charge in [0.15, 0.2) is 11.5 Å². The minimum atomic E-state index is 0.728. The number of nitrogens with zero attached hydrogens (tertiary/aromatic N) is 1. The highest BCUT2D eigenvalue weighted by Gasteiger charge is 2.20. The van der Waals surface area contributed by atoms with Crippen LogP contribution in [0.25, 0.3) is 0 Å². The summed E-state index contributed by atoms with van der Waals surface area (Å²) < 4.78 is 10.8. The average molecular weight is 322 g/mol. The molecule has 1 fully saturated rings. The van der Waals surface area contributed by atoms with Gasteiger partial charge in [-0.3, -0.25) is 4.90 Å². The molecule has 2 heterocycles. The summed E-state index contributed by atoms with van der Waals surface area (Å²) in [6.45, 7) is 4.35. The largest absolute Gasteiger partial charge is 0.493 e. The first-order chi connectivity index (χ1) is 10.8. The lowest BCUT2D eigenvalue weighted by molar-refractivity contribution is 0.249. The molecular weight excluding hydrogens is 296 g/mol. The van der Waals surface area contributed by atoms with Crippen molar-refractivity contribution < 1.29 is 9.47 Å². The lowest BCUT2D eigenvalue weighted by Crippen LogP contribution is -2.39. The van der Waals surface area contributed by atoms with E-state index in [4.69, 9.17) is 9.47 Å². The Bertz CT molecular complexity index is 504. The molecule has 4 nitrogen and oxygen atoms in total. The standard InChI is InChI=1S/C17H26N2O2S/c1-20-16-9-13-3-6-19(11-14(13)10-17(16)21-2)7-5-18-15-4-8-22-12-15/h9-10,15,18H,3-8,11-12H2,1-2H3/t15-/m1/s1. The quantitative estimate of drug-likeness (QED) is 0.868. The molecule has 2 aliphatic rings. The van der Waals surface area contributed by atoms with Crippen LogP contribution in [0.1, 0.15) is 17.5 Å². The van der Waals surface area contributed by atoms with Gasteiger partial charge in [0.25, 0.3) is 0 Å². The van der Waals surface area contributed by atoms with Crippen LogP contribution in [0, 0.1) is 0 Å². The second-order valence-corrected chi connectivity index (χ2v) is 7.17. The van der Waals surface area contributed by atoms with Gasteiger partial charge in [-0.1, -0.05) is 0 Å². The molecule has 1 aromatic carbocycles. The van der Waals surface area contributed by atoms with Gasteiger partial charge in [0.2, 0.25) is 0 Å². The number of nitrogens with one attached hydrogen (secondary N) is 1. The lowest BCUT2D eigenvalue weighted by Gasteiger charge is -2.30. The maximum absolute atomic E-state index is 5.43. The highest BCUT2D eigenvalue weighted by Crippen LogP contribution is 2.33. The second-order valence-electron chi connectivity index (χ2n) is 6.02. The van der Waals surface area contributed by atoms with Gasteiger partial charge in [0.1, 0.15) is 0 Å². The molecule has 3 rings (SSSR count). The second kappa shape index (κ2) is 7.57. The fourth-order valence-corrected chi connectivity index (χ4v) is 4.44. The van der Waals surface area contributed by atoms with E-state index in [1.807, 2.05) is 0 Å². The first-order valence-corrected chi connectivity index (χ1v) is 9.23. The zero-order valence-electron chi connectivity index (χ0n) is 13.6. The molecule has 1 atom stereocenters. The highest BCUT2D eigenvalue weighted by molar-refractivity contribution is 7.99. The van der Waals surface area contributed by atoms with Crippen molar-refractivity contribution in [1.82, 2.24) is 10.2 Å². The summed E-state index contributed by atoms with van der Waals surface area (Å²) in [4.78, 5) is 2.53. The van der Waals surface area contributed by atoms with Crippen molar-refractivity contribution in [3.63, 3.8) is 0 Å². The van der Waals surface area contributed by atoms with Gasteiger partial charge in [-0.2, -0.15) is 11.8 Å². The van der Waals surface area contributed by atoms with Gasteiger partial charge in [0.05, 0.1) is 14.2 Å². The van der Waals surface area contributed by atoms with E-state index >= 15 is 0 Å².